The number of H-pyrrole nitrogens is 1. The first-order chi connectivity index (χ1) is 10.1. The molecular weight excluding hydrogens is 292 g/mol. The number of nitrogens with one attached hydrogen (secondary N) is 2. The normalized spacial score (nSPS) is 12.3. The zero-order valence-corrected chi connectivity index (χ0v) is 13.7. The van der Waals surface area contributed by atoms with Gasteiger partial charge in [-0.3, -0.25) is 9.36 Å². The SMILES string of the molecule is CCCNC(CCSc1n[nH]c(=O)n1CCC)C(=O)OC. The Balaban J connectivity index is 2.53. The molecule has 0 saturated carbocycles. The van der Waals surface area contributed by atoms with E-state index in [0.717, 1.165) is 19.4 Å². The first-order valence-electron chi connectivity index (χ1n) is 7.23. The molecule has 0 fully saturated rings. The van der Waals surface area contributed by atoms with Gasteiger partial charge in [-0.2, -0.15) is 0 Å². The molecule has 0 amide bonds. The van der Waals surface area contributed by atoms with Gasteiger partial charge in [0.1, 0.15) is 6.04 Å². The summed E-state index contributed by atoms with van der Waals surface area (Å²) in [6.45, 7) is 5.47. The number of ether oxygens (including phenoxy) is 1. The van der Waals surface area contributed by atoms with Crippen molar-refractivity contribution in [1.29, 1.82) is 0 Å². The first-order valence-corrected chi connectivity index (χ1v) is 8.21. The summed E-state index contributed by atoms with van der Waals surface area (Å²) >= 11 is 1.47. The summed E-state index contributed by atoms with van der Waals surface area (Å²) in [4.78, 5) is 23.2. The molecule has 1 aromatic heterocycles. The van der Waals surface area contributed by atoms with Crippen LogP contribution < -0.4 is 11.0 Å². The van der Waals surface area contributed by atoms with E-state index in [4.69, 9.17) is 4.74 Å². The molecule has 0 radical (unpaired) electrons. The Morgan fingerprint density at radius 1 is 1.48 bits per heavy atom. The van der Waals surface area contributed by atoms with E-state index in [2.05, 4.69) is 15.5 Å². The fourth-order valence-electron chi connectivity index (χ4n) is 1.87. The van der Waals surface area contributed by atoms with Crippen LogP contribution in [-0.4, -0.2) is 46.2 Å². The Labute approximate surface area is 128 Å². The second-order valence-corrected chi connectivity index (χ2v) is 5.69. The fourth-order valence-corrected chi connectivity index (χ4v) is 2.84. The minimum absolute atomic E-state index is 0.187. The molecule has 0 aliphatic carbocycles. The van der Waals surface area contributed by atoms with Crippen molar-refractivity contribution in [2.45, 2.75) is 50.9 Å². The molecule has 8 heteroatoms. The number of aromatic nitrogens is 3. The summed E-state index contributed by atoms with van der Waals surface area (Å²) in [5.41, 5.74) is -0.187. The highest BCUT2D eigenvalue weighted by molar-refractivity contribution is 7.99. The number of methoxy groups -OCH3 is 1. The Morgan fingerprint density at radius 3 is 2.86 bits per heavy atom. The van der Waals surface area contributed by atoms with Crippen LogP contribution in [0.25, 0.3) is 0 Å². The van der Waals surface area contributed by atoms with E-state index >= 15 is 0 Å². The highest BCUT2D eigenvalue weighted by atomic mass is 32.2. The molecule has 0 spiro atoms. The lowest BCUT2D eigenvalue weighted by Gasteiger charge is -2.15. The summed E-state index contributed by atoms with van der Waals surface area (Å²) in [5.74, 6) is 0.432. The van der Waals surface area contributed by atoms with Crippen molar-refractivity contribution in [3.8, 4) is 0 Å². The number of nitrogens with zero attached hydrogens (tertiary/aromatic N) is 2. The van der Waals surface area contributed by atoms with Crippen molar-refractivity contribution in [3.63, 3.8) is 0 Å². The van der Waals surface area contributed by atoms with Crippen LogP contribution in [0.1, 0.15) is 33.1 Å². The minimum atomic E-state index is -0.312. The minimum Gasteiger partial charge on any atom is -0.468 e. The fraction of sp³-hybridized carbons (Fsp3) is 0.769. The van der Waals surface area contributed by atoms with Gasteiger partial charge in [0.15, 0.2) is 5.16 Å². The van der Waals surface area contributed by atoms with Gasteiger partial charge in [0.25, 0.3) is 0 Å². The largest absolute Gasteiger partial charge is 0.468 e. The second kappa shape index (κ2) is 9.62. The third-order valence-electron chi connectivity index (χ3n) is 2.93. The summed E-state index contributed by atoms with van der Waals surface area (Å²) in [6, 6.07) is -0.312. The zero-order chi connectivity index (χ0) is 15.7. The summed E-state index contributed by atoms with van der Waals surface area (Å²) < 4.78 is 6.41. The van der Waals surface area contributed by atoms with E-state index in [1.54, 1.807) is 4.57 Å². The number of carbonyl (C=O) groups excluding carboxylic acids is 1. The summed E-state index contributed by atoms with van der Waals surface area (Å²) in [7, 11) is 1.39. The maximum Gasteiger partial charge on any atom is 0.343 e. The average Bonchev–Trinajstić information content (AvgIpc) is 2.83. The van der Waals surface area contributed by atoms with Gasteiger partial charge in [-0.1, -0.05) is 25.6 Å². The third-order valence-corrected chi connectivity index (χ3v) is 3.94. The maximum atomic E-state index is 11.7. The molecule has 7 nitrogen and oxygen atoms in total. The number of hydrogen-bond donors (Lipinski definition) is 2. The standard InChI is InChI=1S/C13H24N4O3S/c1-4-7-14-10(11(18)20-3)6-9-21-13-16-15-12(19)17(13)8-5-2/h10,14H,4-9H2,1-3H3,(H,15,19). The predicted molar refractivity (Wildman–Crippen MR) is 82.6 cm³/mol. The molecule has 1 aromatic rings. The van der Waals surface area contributed by atoms with Gasteiger partial charge in [-0.05, 0) is 25.8 Å². The van der Waals surface area contributed by atoms with E-state index in [-0.39, 0.29) is 17.7 Å². The molecular formula is C13H24N4O3S. The van der Waals surface area contributed by atoms with Gasteiger partial charge in [-0.15, -0.1) is 5.10 Å². The lowest BCUT2D eigenvalue weighted by molar-refractivity contribution is -0.143. The van der Waals surface area contributed by atoms with Crippen LogP contribution in [0.4, 0.5) is 0 Å². The van der Waals surface area contributed by atoms with Gasteiger partial charge < -0.3 is 10.1 Å². The summed E-state index contributed by atoms with van der Waals surface area (Å²) in [6.07, 6.45) is 2.45. The Morgan fingerprint density at radius 2 is 2.24 bits per heavy atom. The van der Waals surface area contributed by atoms with Crippen molar-refractivity contribution >= 4 is 17.7 Å². The van der Waals surface area contributed by atoms with Crippen molar-refractivity contribution in [3.05, 3.63) is 10.5 Å². The number of thioether (sulfide) groups is 1. The van der Waals surface area contributed by atoms with Crippen LogP contribution in [0.3, 0.4) is 0 Å². The zero-order valence-electron chi connectivity index (χ0n) is 12.8. The maximum absolute atomic E-state index is 11.7. The Kier molecular flexibility index (Phi) is 8.14. The number of esters is 1. The highest BCUT2D eigenvalue weighted by Gasteiger charge is 2.18. The molecule has 0 saturated heterocycles. The van der Waals surface area contributed by atoms with Gasteiger partial charge in [-0.25, -0.2) is 9.89 Å². The van der Waals surface area contributed by atoms with Gasteiger partial charge in [0.05, 0.1) is 7.11 Å². The number of aromatic amines is 1. The second-order valence-electron chi connectivity index (χ2n) is 4.63. The predicted octanol–water partition coefficient (Wildman–Crippen LogP) is 1.00. The smallest absolute Gasteiger partial charge is 0.343 e. The Hall–Kier alpha value is -1.28. The molecule has 0 aromatic carbocycles. The molecule has 120 valence electrons. The van der Waals surface area contributed by atoms with Gasteiger partial charge in [0.2, 0.25) is 0 Å². The first kappa shape index (κ1) is 17.8. The molecule has 0 bridgehead atoms. The van der Waals surface area contributed by atoms with Crippen molar-refractivity contribution in [1.82, 2.24) is 20.1 Å². The van der Waals surface area contributed by atoms with E-state index in [9.17, 15) is 9.59 Å². The van der Waals surface area contributed by atoms with Crippen LogP contribution in [0.15, 0.2) is 9.95 Å². The third kappa shape index (κ3) is 5.55. The average molecular weight is 316 g/mol. The van der Waals surface area contributed by atoms with Crippen molar-refractivity contribution in [2.24, 2.45) is 0 Å². The molecule has 2 N–H and O–H groups in total. The molecule has 1 rings (SSSR count). The lowest BCUT2D eigenvalue weighted by Crippen LogP contribution is -2.38. The quantitative estimate of drug-likeness (QED) is 0.494. The van der Waals surface area contributed by atoms with Crippen LogP contribution in [0.5, 0.6) is 0 Å². The van der Waals surface area contributed by atoms with E-state index in [0.29, 0.717) is 23.9 Å². The molecule has 1 unspecified atom stereocenters. The van der Waals surface area contributed by atoms with Crippen LogP contribution >= 0.6 is 11.8 Å². The lowest BCUT2D eigenvalue weighted by atomic mass is 10.2. The topological polar surface area (TPSA) is 89.0 Å². The molecule has 1 heterocycles. The number of rotatable bonds is 10. The highest BCUT2D eigenvalue weighted by Crippen LogP contribution is 2.15. The van der Waals surface area contributed by atoms with Crippen molar-refractivity contribution in [2.75, 3.05) is 19.4 Å². The van der Waals surface area contributed by atoms with Gasteiger partial charge in [0, 0.05) is 12.3 Å². The molecule has 21 heavy (non-hydrogen) atoms. The molecule has 1 atom stereocenters. The molecule has 0 aliphatic heterocycles. The van der Waals surface area contributed by atoms with Crippen LogP contribution in [0.2, 0.25) is 0 Å². The van der Waals surface area contributed by atoms with Gasteiger partial charge >= 0.3 is 11.7 Å². The Bertz CT molecular complexity index is 486. The van der Waals surface area contributed by atoms with E-state index in [1.807, 2.05) is 13.8 Å². The van der Waals surface area contributed by atoms with E-state index < -0.39 is 0 Å². The van der Waals surface area contributed by atoms with Crippen LogP contribution in [0, 0.1) is 0 Å². The monoisotopic (exact) mass is 316 g/mol. The number of carbonyl (C=O) groups is 1. The van der Waals surface area contributed by atoms with Crippen LogP contribution in [-0.2, 0) is 16.1 Å². The molecule has 0 aliphatic rings. The van der Waals surface area contributed by atoms with E-state index in [1.165, 1.54) is 18.9 Å². The number of hydrogen-bond acceptors (Lipinski definition) is 6. The summed E-state index contributed by atoms with van der Waals surface area (Å²) in [5, 5.41) is 10.3. The van der Waals surface area contributed by atoms with Crippen molar-refractivity contribution < 1.29 is 9.53 Å².